The molecule has 0 amide bonds. The number of hydrogen-bond donors (Lipinski definition) is 0. The van der Waals surface area contributed by atoms with Crippen molar-refractivity contribution in [2.75, 3.05) is 13.1 Å². The largest absolute Gasteiger partial charge is 0.318 e. The Balaban J connectivity index is 2.26. The quantitative estimate of drug-likeness (QED) is 0.855. The van der Waals surface area contributed by atoms with Gasteiger partial charge in [-0.3, -0.25) is 0 Å². The Morgan fingerprint density at radius 3 is 2.42 bits per heavy atom. The van der Waals surface area contributed by atoms with Gasteiger partial charge < -0.3 is 4.57 Å². The van der Waals surface area contributed by atoms with Gasteiger partial charge in [0.15, 0.2) is 0 Å². The number of rotatable bonds is 3. The third-order valence-corrected chi connectivity index (χ3v) is 5.04. The molecule has 1 aromatic rings. The van der Waals surface area contributed by atoms with Gasteiger partial charge in [-0.25, -0.2) is 22.2 Å². The van der Waals surface area contributed by atoms with Crippen LogP contribution in [0.2, 0.25) is 0 Å². The molecule has 108 valence electrons. The molecule has 0 radical (unpaired) electrons. The first-order valence-corrected chi connectivity index (χ1v) is 7.59. The summed E-state index contributed by atoms with van der Waals surface area (Å²) in [4.78, 5) is 3.87. The molecule has 0 N–H and O–H groups in total. The summed E-state index contributed by atoms with van der Waals surface area (Å²) in [5.74, 6) is -2.76. The van der Waals surface area contributed by atoms with Gasteiger partial charge in [-0.15, -0.1) is 0 Å². The molecule has 0 aliphatic carbocycles. The molecule has 0 aromatic carbocycles. The van der Waals surface area contributed by atoms with Crippen LogP contribution in [0.1, 0.15) is 32.7 Å². The molecule has 5 nitrogen and oxygen atoms in total. The normalized spacial score (nSPS) is 20.9. The van der Waals surface area contributed by atoms with E-state index in [1.807, 2.05) is 13.8 Å². The van der Waals surface area contributed by atoms with Crippen molar-refractivity contribution in [1.82, 2.24) is 13.9 Å². The topological polar surface area (TPSA) is 55.2 Å². The molecule has 1 saturated heterocycles. The molecule has 1 aliphatic rings. The van der Waals surface area contributed by atoms with Gasteiger partial charge in [0, 0.05) is 44.4 Å². The first kappa shape index (κ1) is 14.4. The van der Waals surface area contributed by atoms with Crippen LogP contribution in [0.4, 0.5) is 8.78 Å². The van der Waals surface area contributed by atoms with E-state index in [4.69, 9.17) is 0 Å². The van der Waals surface area contributed by atoms with E-state index >= 15 is 0 Å². The Kier molecular flexibility index (Phi) is 3.65. The molecule has 1 aromatic heterocycles. The summed E-state index contributed by atoms with van der Waals surface area (Å²) in [7, 11) is -3.79. The van der Waals surface area contributed by atoms with Gasteiger partial charge in [-0.05, 0) is 13.8 Å². The summed E-state index contributed by atoms with van der Waals surface area (Å²) in [6.45, 7) is 3.34. The average Bonchev–Trinajstić information content (AvgIpc) is 2.77. The first-order chi connectivity index (χ1) is 8.74. The number of alkyl halides is 2. The second kappa shape index (κ2) is 4.82. The minimum absolute atomic E-state index is 0.0569. The number of sulfonamides is 1. The molecular formula is C11H17F2N3O2S. The highest BCUT2D eigenvalue weighted by Gasteiger charge is 2.40. The zero-order valence-corrected chi connectivity index (χ0v) is 11.7. The van der Waals surface area contributed by atoms with Gasteiger partial charge in [-0.1, -0.05) is 0 Å². The van der Waals surface area contributed by atoms with E-state index in [0.29, 0.717) is 0 Å². The SMILES string of the molecule is CC(C)n1ccnc1S(=O)(=O)N1CCC(F)(F)CC1. The number of halogens is 2. The van der Waals surface area contributed by atoms with E-state index in [2.05, 4.69) is 4.98 Å². The van der Waals surface area contributed by atoms with Crippen molar-refractivity contribution >= 4 is 10.0 Å². The van der Waals surface area contributed by atoms with Crippen molar-refractivity contribution in [2.24, 2.45) is 0 Å². The molecule has 0 unspecified atom stereocenters. The number of aromatic nitrogens is 2. The Morgan fingerprint density at radius 1 is 1.32 bits per heavy atom. The second-order valence-corrected chi connectivity index (χ2v) is 6.80. The van der Waals surface area contributed by atoms with E-state index < -0.39 is 28.8 Å². The lowest BCUT2D eigenvalue weighted by atomic mass is 10.1. The maximum absolute atomic E-state index is 13.1. The number of piperidine rings is 1. The van der Waals surface area contributed by atoms with Gasteiger partial charge in [0.05, 0.1) is 0 Å². The molecule has 2 heterocycles. The van der Waals surface area contributed by atoms with E-state index in [1.54, 1.807) is 6.20 Å². The fraction of sp³-hybridized carbons (Fsp3) is 0.727. The number of hydrogen-bond acceptors (Lipinski definition) is 3. The van der Waals surface area contributed by atoms with Gasteiger partial charge >= 0.3 is 0 Å². The number of imidazole rings is 1. The van der Waals surface area contributed by atoms with Gasteiger partial charge in [0.25, 0.3) is 15.9 Å². The zero-order valence-electron chi connectivity index (χ0n) is 10.9. The van der Waals surface area contributed by atoms with E-state index in [-0.39, 0.29) is 24.3 Å². The van der Waals surface area contributed by atoms with Crippen LogP contribution >= 0.6 is 0 Å². The van der Waals surface area contributed by atoms with Crippen molar-refractivity contribution in [3.8, 4) is 0 Å². The Hall–Kier alpha value is -1.02. The van der Waals surface area contributed by atoms with Crippen LogP contribution in [0.15, 0.2) is 17.6 Å². The predicted octanol–water partition coefficient (Wildman–Crippen LogP) is 1.88. The van der Waals surface area contributed by atoms with Crippen molar-refractivity contribution in [3.05, 3.63) is 12.4 Å². The summed E-state index contributed by atoms with van der Waals surface area (Å²) in [5.41, 5.74) is 0. The van der Waals surface area contributed by atoms with Crippen molar-refractivity contribution in [1.29, 1.82) is 0 Å². The van der Waals surface area contributed by atoms with Gasteiger partial charge in [-0.2, -0.15) is 4.31 Å². The van der Waals surface area contributed by atoms with Crippen LogP contribution in [-0.4, -0.2) is 41.3 Å². The lowest BCUT2D eigenvalue weighted by Gasteiger charge is -2.30. The fourth-order valence-electron chi connectivity index (χ4n) is 2.06. The van der Waals surface area contributed by atoms with Crippen molar-refractivity contribution in [3.63, 3.8) is 0 Å². The van der Waals surface area contributed by atoms with Crippen molar-refractivity contribution < 1.29 is 17.2 Å². The summed E-state index contributed by atoms with van der Waals surface area (Å²) in [6, 6.07) is -0.0569. The van der Waals surface area contributed by atoms with Crippen LogP contribution in [0.5, 0.6) is 0 Å². The first-order valence-electron chi connectivity index (χ1n) is 6.15. The minimum atomic E-state index is -3.79. The lowest BCUT2D eigenvalue weighted by molar-refractivity contribution is -0.0412. The van der Waals surface area contributed by atoms with Crippen molar-refractivity contribution in [2.45, 2.75) is 43.8 Å². The predicted molar refractivity (Wildman–Crippen MR) is 65.6 cm³/mol. The van der Waals surface area contributed by atoms with Gasteiger partial charge in [0.2, 0.25) is 5.16 Å². The highest BCUT2D eigenvalue weighted by Crippen LogP contribution is 2.30. The third kappa shape index (κ3) is 2.79. The van der Waals surface area contributed by atoms with E-state index in [1.165, 1.54) is 10.8 Å². The summed E-state index contributed by atoms with van der Waals surface area (Å²) in [6.07, 6.45) is 2.12. The molecule has 1 fully saturated rings. The van der Waals surface area contributed by atoms with E-state index in [9.17, 15) is 17.2 Å². The van der Waals surface area contributed by atoms with Crippen LogP contribution in [0.3, 0.4) is 0 Å². The summed E-state index contributed by atoms with van der Waals surface area (Å²) >= 11 is 0. The molecular weight excluding hydrogens is 276 g/mol. The maximum Gasteiger partial charge on any atom is 0.277 e. The second-order valence-electron chi connectivity index (χ2n) is 4.97. The average molecular weight is 293 g/mol. The molecule has 0 saturated carbocycles. The maximum atomic E-state index is 13.1. The van der Waals surface area contributed by atoms with Gasteiger partial charge in [0.1, 0.15) is 0 Å². The molecule has 1 aliphatic heterocycles. The summed E-state index contributed by atoms with van der Waals surface area (Å²) < 4.78 is 53.5. The standard InChI is InChI=1S/C11H17F2N3O2S/c1-9(2)16-8-5-14-10(16)19(17,18)15-6-3-11(12,13)4-7-15/h5,8-9H,3-4,6-7H2,1-2H3. The monoisotopic (exact) mass is 293 g/mol. The Bertz CT molecular complexity index is 544. The van der Waals surface area contributed by atoms with Crippen LogP contribution in [0.25, 0.3) is 0 Å². The molecule has 19 heavy (non-hydrogen) atoms. The number of nitrogens with zero attached hydrogens (tertiary/aromatic N) is 3. The molecule has 2 rings (SSSR count). The molecule has 0 spiro atoms. The lowest BCUT2D eigenvalue weighted by Crippen LogP contribution is -2.43. The Labute approximate surface area is 111 Å². The van der Waals surface area contributed by atoms with Crippen LogP contribution < -0.4 is 0 Å². The van der Waals surface area contributed by atoms with Crippen LogP contribution in [-0.2, 0) is 10.0 Å². The fourth-order valence-corrected chi connectivity index (χ4v) is 3.69. The smallest absolute Gasteiger partial charge is 0.277 e. The minimum Gasteiger partial charge on any atom is -0.318 e. The summed E-state index contributed by atoms with van der Waals surface area (Å²) in [5, 5.41) is -0.0762. The molecule has 0 bridgehead atoms. The Morgan fingerprint density at radius 2 is 1.89 bits per heavy atom. The molecule has 8 heteroatoms. The third-order valence-electron chi connectivity index (χ3n) is 3.21. The highest BCUT2D eigenvalue weighted by molar-refractivity contribution is 7.89. The van der Waals surface area contributed by atoms with Crippen LogP contribution in [0, 0.1) is 0 Å². The van der Waals surface area contributed by atoms with E-state index in [0.717, 1.165) is 4.31 Å². The molecule has 0 atom stereocenters. The zero-order chi connectivity index (χ0) is 14.3. The highest BCUT2D eigenvalue weighted by atomic mass is 32.2.